The fraction of sp³-hybridized carbons (Fsp3) is 0.263. The van der Waals surface area contributed by atoms with Crippen LogP contribution in [0, 0.1) is 5.82 Å². The number of esters is 1. The van der Waals surface area contributed by atoms with E-state index in [1.807, 2.05) is 0 Å². The maximum Gasteiger partial charge on any atom is 0.338 e. The quantitative estimate of drug-likeness (QED) is 0.578. The number of hydrogen-bond donors (Lipinski definition) is 0. The highest BCUT2D eigenvalue weighted by atomic mass is 32.2. The number of hydrogen-bond acceptors (Lipinski definition) is 5. The standard InChI is InChI=1S/C19H18FNO5S/c1-13(18(22)14-6-8-16(20)9-7-14)26-19(23)15-4-2-5-17(12-15)21-10-3-11-27(21,24)25/h2,4-9,12-13H,3,10-11H2,1H3/t13-/m0/s1. The third-order valence-corrected chi connectivity index (χ3v) is 6.12. The Morgan fingerprint density at radius 2 is 1.81 bits per heavy atom. The molecule has 2 aromatic rings. The molecule has 0 aromatic heterocycles. The molecule has 27 heavy (non-hydrogen) atoms. The highest BCUT2D eigenvalue weighted by Gasteiger charge is 2.29. The van der Waals surface area contributed by atoms with Crippen molar-refractivity contribution < 1.29 is 27.1 Å². The van der Waals surface area contributed by atoms with Crippen LogP contribution in [0.1, 0.15) is 34.1 Å². The second kappa shape index (κ2) is 7.48. The Balaban J connectivity index is 1.73. The predicted molar refractivity (Wildman–Crippen MR) is 97.8 cm³/mol. The van der Waals surface area contributed by atoms with Gasteiger partial charge < -0.3 is 4.74 Å². The lowest BCUT2D eigenvalue weighted by molar-refractivity contribution is 0.0319. The van der Waals surface area contributed by atoms with Crippen LogP contribution in [0.3, 0.4) is 0 Å². The predicted octanol–water partition coefficient (Wildman–Crippen LogP) is 2.79. The molecule has 0 bridgehead atoms. The number of carbonyl (C=O) groups is 2. The fourth-order valence-electron chi connectivity index (χ4n) is 2.85. The first-order valence-corrected chi connectivity index (χ1v) is 10.00. The molecule has 1 fully saturated rings. The summed E-state index contributed by atoms with van der Waals surface area (Å²) in [6, 6.07) is 11.0. The highest BCUT2D eigenvalue weighted by Crippen LogP contribution is 2.25. The van der Waals surface area contributed by atoms with Crippen molar-refractivity contribution in [3.63, 3.8) is 0 Å². The van der Waals surface area contributed by atoms with E-state index in [9.17, 15) is 22.4 Å². The van der Waals surface area contributed by atoms with E-state index in [4.69, 9.17) is 4.74 Å². The monoisotopic (exact) mass is 391 g/mol. The van der Waals surface area contributed by atoms with Crippen LogP contribution in [0.25, 0.3) is 0 Å². The van der Waals surface area contributed by atoms with Gasteiger partial charge in [-0.2, -0.15) is 0 Å². The summed E-state index contributed by atoms with van der Waals surface area (Å²) in [7, 11) is -3.36. The lowest BCUT2D eigenvalue weighted by Gasteiger charge is -2.18. The van der Waals surface area contributed by atoms with Crippen molar-refractivity contribution in [1.82, 2.24) is 0 Å². The molecule has 0 N–H and O–H groups in total. The molecule has 0 saturated carbocycles. The minimum atomic E-state index is -3.36. The van der Waals surface area contributed by atoms with Crippen LogP contribution in [-0.2, 0) is 14.8 Å². The molecule has 2 aromatic carbocycles. The van der Waals surface area contributed by atoms with Crippen LogP contribution in [0.5, 0.6) is 0 Å². The number of carbonyl (C=O) groups excluding carboxylic acids is 2. The number of anilines is 1. The first-order chi connectivity index (χ1) is 12.8. The maximum absolute atomic E-state index is 13.0. The molecule has 0 spiro atoms. The molecule has 1 aliphatic heterocycles. The Morgan fingerprint density at radius 1 is 1.11 bits per heavy atom. The van der Waals surface area contributed by atoms with E-state index in [0.717, 1.165) is 12.1 Å². The van der Waals surface area contributed by atoms with Crippen LogP contribution < -0.4 is 4.31 Å². The number of sulfonamides is 1. The number of ketones is 1. The van der Waals surface area contributed by atoms with Crippen molar-refractivity contribution in [2.24, 2.45) is 0 Å². The van der Waals surface area contributed by atoms with Crippen molar-refractivity contribution in [2.45, 2.75) is 19.4 Å². The molecule has 0 amide bonds. The summed E-state index contributed by atoms with van der Waals surface area (Å²) in [5, 5.41) is 0. The largest absolute Gasteiger partial charge is 0.451 e. The number of Topliss-reactive ketones (excluding diaryl/α,β-unsaturated/α-hetero) is 1. The highest BCUT2D eigenvalue weighted by molar-refractivity contribution is 7.93. The smallest absolute Gasteiger partial charge is 0.338 e. The topological polar surface area (TPSA) is 80.8 Å². The van der Waals surface area contributed by atoms with Gasteiger partial charge in [0.25, 0.3) is 0 Å². The maximum atomic E-state index is 13.0. The van der Waals surface area contributed by atoms with Crippen molar-refractivity contribution in [3.05, 3.63) is 65.5 Å². The molecule has 0 radical (unpaired) electrons. The third-order valence-electron chi connectivity index (χ3n) is 4.25. The van der Waals surface area contributed by atoms with Crippen molar-refractivity contribution in [3.8, 4) is 0 Å². The molecule has 1 heterocycles. The van der Waals surface area contributed by atoms with E-state index in [2.05, 4.69) is 0 Å². The average molecular weight is 391 g/mol. The van der Waals surface area contributed by atoms with Crippen LogP contribution in [0.15, 0.2) is 48.5 Å². The number of rotatable bonds is 5. The Bertz CT molecular complexity index is 972. The van der Waals surface area contributed by atoms with Crippen LogP contribution in [0.4, 0.5) is 10.1 Å². The van der Waals surface area contributed by atoms with Gasteiger partial charge in [-0.1, -0.05) is 6.07 Å². The Labute approximate surface area is 156 Å². The van der Waals surface area contributed by atoms with Crippen molar-refractivity contribution >= 4 is 27.5 Å². The van der Waals surface area contributed by atoms with Gasteiger partial charge in [-0.25, -0.2) is 17.6 Å². The second-order valence-corrected chi connectivity index (χ2v) is 8.22. The zero-order chi connectivity index (χ0) is 19.6. The molecule has 0 unspecified atom stereocenters. The van der Waals surface area contributed by atoms with Crippen molar-refractivity contribution in [2.75, 3.05) is 16.6 Å². The van der Waals surface area contributed by atoms with Crippen LogP contribution in [0.2, 0.25) is 0 Å². The van der Waals surface area contributed by atoms with E-state index in [1.54, 1.807) is 12.1 Å². The summed E-state index contributed by atoms with van der Waals surface area (Å²) in [4.78, 5) is 24.7. The van der Waals surface area contributed by atoms with E-state index in [-0.39, 0.29) is 16.9 Å². The number of halogens is 1. The van der Waals surface area contributed by atoms with Crippen molar-refractivity contribution in [1.29, 1.82) is 0 Å². The molecule has 6 nitrogen and oxygen atoms in total. The summed E-state index contributed by atoms with van der Waals surface area (Å²) < 4.78 is 43.5. The summed E-state index contributed by atoms with van der Waals surface area (Å²) in [5.41, 5.74) is 0.765. The summed E-state index contributed by atoms with van der Waals surface area (Å²) in [5.74, 6) is -1.59. The minimum Gasteiger partial charge on any atom is -0.451 e. The molecule has 3 rings (SSSR count). The van der Waals surface area contributed by atoms with Gasteiger partial charge in [-0.15, -0.1) is 0 Å². The summed E-state index contributed by atoms with van der Waals surface area (Å²) in [6.45, 7) is 1.79. The average Bonchev–Trinajstić information content (AvgIpc) is 3.01. The first kappa shape index (κ1) is 19.0. The molecular weight excluding hydrogens is 373 g/mol. The summed E-state index contributed by atoms with van der Waals surface area (Å²) >= 11 is 0. The van der Waals surface area contributed by atoms with Gasteiger partial charge in [0.2, 0.25) is 15.8 Å². The van der Waals surface area contributed by atoms with Gasteiger partial charge >= 0.3 is 5.97 Å². The van der Waals surface area contributed by atoms with E-state index < -0.39 is 33.7 Å². The third kappa shape index (κ3) is 4.16. The molecule has 0 aliphatic carbocycles. The number of ether oxygens (including phenoxy) is 1. The Hall–Kier alpha value is -2.74. The number of nitrogens with zero attached hydrogens (tertiary/aromatic N) is 1. The van der Waals surface area contributed by atoms with Gasteiger partial charge in [-0.3, -0.25) is 9.10 Å². The second-order valence-electron chi connectivity index (χ2n) is 6.21. The molecule has 1 aliphatic rings. The minimum absolute atomic E-state index is 0.0743. The normalized spacial score (nSPS) is 16.7. The van der Waals surface area contributed by atoms with Gasteiger partial charge in [0, 0.05) is 12.1 Å². The van der Waals surface area contributed by atoms with Crippen LogP contribution in [-0.4, -0.2) is 38.6 Å². The molecule has 142 valence electrons. The number of benzene rings is 2. The fourth-order valence-corrected chi connectivity index (χ4v) is 4.40. The zero-order valence-corrected chi connectivity index (χ0v) is 15.4. The van der Waals surface area contributed by atoms with E-state index >= 15 is 0 Å². The zero-order valence-electron chi connectivity index (χ0n) is 14.6. The Morgan fingerprint density at radius 3 is 2.44 bits per heavy atom. The molecule has 1 atom stereocenters. The molecule has 1 saturated heterocycles. The lowest BCUT2D eigenvalue weighted by Crippen LogP contribution is -2.26. The van der Waals surface area contributed by atoms with Gasteiger partial charge in [0.05, 0.1) is 17.0 Å². The lowest BCUT2D eigenvalue weighted by atomic mass is 10.1. The van der Waals surface area contributed by atoms with E-state index in [1.165, 1.54) is 35.5 Å². The van der Waals surface area contributed by atoms with E-state index in [0.29, 0.717) is 18.7 Å². The molecular formula is C19H18FNO5S. The Kier molecular flexibility index (Phi) is 5.27. The SMILES string of the molecule is C[C@H](OC(=O)c1cccc(N2CCCS2(=O)=O)c1)C(=O)c1ccc(F)cc1. The van der Waals surface area contributed by atoms with Crippen LogP contribution >= 0.6 is 0 Å². The van der Waals surface area contributed by atoms with Gasteiger partial charge in [0.1, 0.15) is 5.82 Å². The van der Waals surface area contributed by atoms with Gasteiger partial charge in [-0.05, 0) is 55.8 Å². The first-order valence-electron chi connectivity index (χ1n) is 8.39. The van der Waals surface area contributed by atoms with Gasteiger partial charge in [0.15, 0.2) is 6.10 Å². The molecule has 8 heteroatoms. The summed E-state index contributed by atoms with van der Waals surface area (Å²) in [6.07, 6.45) is -0.539.